The van der Waals surface area contributed by atoms with Gasteiger partial charge in [-0.15, -0.1) is 0 Å². The zero-order valence-electron chi connectivity index (χ0n) is 5.21. The van der Waals surface area contributed by atoms with E-state index in [9.17, 15) is 0 Å². The van der Waals surface area contributed by atoms with E-state index >= 15 is 0 Å². The lowest BCUT2D eigenvalue weighted by Gasteiger charge is -2.00. The zero-order valence-corrected chi connectivity index (χ0v) is 9.97. The lowest BCUT2D eigenvalue weighted by atomic mass is 10.2. The highest BCUT2D eigenvalue weighted by Gasteiger charge is 2.00. The maximum atomic E-state index is 3.42. The van der Waals surface area contributed by atoms with Crippen molar-refractivity contribution in [2.45, 2.75) is 6.92 Å². The Hall–Kier alpha value is 0.660. The molecule has 1 radical (unpaired) electrons. The number of rotatable bonds is 0. The number of hydrogen-bond donors (Lipinski definition) is 0. The summed E-state index contributed by atoms with van der Waals surface area (Å²) in [6.45, 7) is 2.02. The molecule has 0 saturated carbocycles. The SMILES string of the molecule is Cc1c(Br)[c]c(Br)cc1Br. The third-order valence-electron chi connectivity index (χ3n) is 1.17. The minimum atomic E-state index is 0.955. The molecule has 0 unspecified atom stereocenters. The molecule has 1 rings (SSSR count). The summed E-state index contributed by atoms with van der Waals surface area (Å²) in [5, 5.41) is 0. The fourth-order valence-corrected chi connectivity index (χ4v) is 2.68. The summed E-state index contributed by atoms with van der Waals surface area (Å²) in [6.07, 6.45) is 0. The normalized spacial score (nSPS) is 10.0. The first-order valence-corrected chi connectivity index (χ1v) is 5.02. The lowest BCUT2D eigenvalue weighted by Crippen LogP contribution is -1.78. The van der Waals surface area contributed by atoms with Crippen molar-refractivity contribution >= 4 is 47.8 Å². The third kappa shape index (κ3) is 1.83. The summed E-state index contributed by atoms with van der Waals surface area (Å²) in [4.78, 5) is 0. The molecule has 0 heterocycles. The average molecular weight is 328 g/mol. The monoisotopic (exact) mass is 325 g/mol. The summed E-state index contributed by atoms with van der Waals surface area (Å²) < 4.78 is 3.04. The molecule has 1 aromatic rings. The summed E-state index contributed by atoms with van der Waals surface area (Å²) >= 11 is 10.1. The maximum Gasteiger partial charge on any atom is 0.0306 e. The van der Waals surface area contributed by atoms with Gasteiger partial charge in [-0.3, -0.25) is 0 Å². The molecule has 0 bridgehead atoms. The van der Waals surface area contributed by atoms with Crippen molar-refractivity contribution in [1.29, 1.82) is 0 Å². The average Bonchev–Trinajstić information content (AvgIpc) is 1.82. The van der Waals surface area contributed by atoms with Gasteiger partial charge in [0.25, 0.3) is 0 Å². The van der Waals surface area contributed by atoms with Crippen LogP contribution < -0.4 is 0 Å². The van der Waals surface area contributed by atoms with Crippen LogP contribution in [0.15, 0.2) is 19.5 Å². The fourth-order valence-electron chi connectivity index (χ4n) is 0.559. The van der Waals surface area contributed by atoms with Crippen LogP contribution in [-0.4, -0.2) is 0 Å². The van der Waals surface area contributed by atoms with Crippen LogP contribution in [0.2, 0.25) is 0 Å². The van der Waals surface area contributed by atoms with Gasteiger partial charge in [-0.05, 0) is 34.5 Å². The van der Waals surface area contributed by atoms with Crippen molar-refractivity contribution in [1.82, 2.24) is 0 Å². The summed E-state index contributed by atoms with van der Waals surface area (Å²) in [6, 6.07) is 5.05. The van der Waals surface area contributed by atoms with Gasteiger partial charge in [0.15, 0.2) is 0 Å². The van der Waals surface area contributed by atoms with E-state index in [1.807, 2.05) is 13.0 Å². The molecular weight excluding hydrogens is 324 g/mol. The van der Waals surface area contributed by atoms with Crippen molar-refractivity contribution in [2.24, 2.45) is 0 Å². The highest BCUT2D eigenvalue weighted by atomic mass is 79.9. The van der Waals surface area contributed by atoms with Gasteiger partial charge in [-0.25, -0.2) is 0 Å². The summed E-state index contributed by atoms with van der Waals surface area (Å²) in [5.41, 5.74) is 1.17. The first-order valence-electron chi connectivity index (χ1n) is 2.64. The largest absolute Gasteiger partial charge is 0.0505 e. The molecular formula is C7H4Br3. The van der Waals surface area contributed by atoms with E-state index in [1.54, 1.807) is 0 Å². The van der Waals surface area contributed by atoms with E-state index in [4.69, 9.17) is 0 Å². The molecule has 0 fully saturated rings. The Bertz CT molecular complexity index is 232. The minimum Gasteiger partial charge on any atom is -0.0505 e. The van der Waals surface area contributed by atoms with Gasteiger partial charge in [0.2, 0.25) is 0 Å². The van der Waals surface area contributed by atoms with E-state index in [2.05, 4.69) is 53.9 Å². The molecule has 0 aromatic heterocycles. The van der Waals surface area contributed by atoms with Crippen LogP contribution in [0, 0.1) is 13.0 Å². The van der Waals surface area contributed by atoms with Gasteiger partial charge in [-0.2, -0.15) is 0 Å². The van der Waals surface area contributed by atoms with Crippen molar-refractivity contribution in [3.05, 3.63) is 31.1 Å². The molecule has 1 aromatic carbocycles. The smallest absolute Gasteiger partial charge is 0.0306 e. The summed E-state index contributed by atoms with van der Waals surface area (Å²) in [5.74, 6) is 0. The Morgan fingerprint density at radius 1 is 1.30 bits per heavy atom. The Labute approximate surface area is 85.4 Å². The Balaban J connectivity index is 3.31. The maximum absolute atomic E-state index is 3.42. The van der Waals surface area contributed by atoms with E-state index in [-0.39, 0.29) is 0 Å². The van der Waals surface area contributed by atoms with Crippen LogP contribution in [0.4, 0.5) is 0 Å². The molecule has 0 aliphatic rings. The molecule has 53 valence electrons. The zero-order chi connectivity index (χ0) is 7.72. The molecule has 10 heavy (non-hydrogen) atoms. The van der Waals surface area contributed by atoms with Crippen LogP contribution in [0.3, 0.4) is 0 Å². The number of benzene rings is 1. The second-order valence-electron chi connectivity index (χ2n) is 1.90. The van der Waals surface area contributed by atoms with Crippen LogP contribution in [0.1, 0.15) is 5.56 Å². The predicted octanol–water partition coefficient (Wildman–Crippen LogP) is 4.08. The van der Waals surface area contributed by atoms with Gasteiger partial charge in [-0.1, -0.05) is 31.9 Å². The standard InChI is InChI=1S/C7H4Br3/c1-4-6(9)2-5(8)3-7(4)10/h2H,1H3. The third-order valence-corrected chi connectivity index (χ3v) is 3.21. The van der Waals surface area contributed by atoms with Crippen molar-refractivity contribution in [2.75, 3.05) is 0 Å². The van der Waals surface area contributed by atoms with E-state index < -0.39 is 0 Å². The van der Waals surface area contributed by atoms with Crippen LogP contribution in [0.5, 0.6) is 0 Å². The topological polar surface area (TPSA) is 0 Å². The molecule has 0 aliphatic carbocycles. The number of hydrogen-bond acceptors (Lipinski definition) is 0. The molecule has 0 nitrogen and oxygen atoms in total. The van der Waals surface area contributed by atoms with Gasteiger partial charge in [0, 0.05) is 19.5 Å². The van der Waals surface area contributed by atoms with Crippen LogP contribution >= 0.6 is 47.8 Å². The molecule has 0 atom stereocenters. The van der Waals surface area contributed by atoms with E-state index in [1.165, 1.54) is 5.56 Å². The molecule has 3 heteroatoms. The van der Waals surface area contributed by atoms with E-state index in [0.29, 0.717) is 0 Å². The van der Waals surface area contributed by atoms with Crippen LogP contribution in [0.25, 0.3) is 0 Å². The van der Waals surface area contributed by atoms with Gasteiger partial charge >= 0.3 is 0 Å². The van der Waals surface area contributed by atoms with Crippen LogP contribution in [-0.2, 0) is 0 Å². The highest BCUT2D eigenvalue weighted by Crippen LogP contribution is 2.27. The lowest BCUT2D eigenvalue weighted by molar-refractivity contribution is 1.37. The minimum absolute atomic E-state index is 0.955. The van der Waals surface area contributed by atoms with Crippen molar-refractivity contribution in [3.63, 3.8) is 0 Å². The van der Waals surface area contributed by atoms with Gasteiger partial charge in [0.05, 0.1) is 0 Å². The fraction of sp³-hybridized carbons (Fsp3) is 0.143. The number of halogens is 3. The predicted molar refractivity (Wildman–Crippen MR) is 53.1 cm³/mol. The first-order chi connectivity index (χ1) is 4.61. The Morgan fingerprint density at radius 2 is 1.90 bits per heavy atom. The Kier molecular flexibility index (Phi) is 2.95. The summed E-state index contributed by atoms with van der Waals surface area (Å²) in [7, 11) is 0. The quantitative estimate of drug-likeness (QED) is 0.673. The van der Waals surface area contributed by atoms with E-state index in [0.717, 1.165) is 13.4 Å². The molecule has 0 spiro atoms. The first kappa shape index (κ1) is 8.75. The molecule has 0 aliphatic heterocycles. The molecule has 0 N–H and O–H groups in total. The second-order valence-corrected chi connectivity index (χ2v) is 4.41. The van der Waals surface area contributed by atoms with Gasteiger partial charge < -0.3 is 0 Å². The second kappa shape index (κ2) is 3.37. The van der Waals surface area contributed by atoms with Crippen molar-refractivity contribution in [3.8, 4) is 0 Å². The molecule has 0 amide bonds. The van der Waals surface area contributed by atoms with Crippen molar-refractivity contribution < 1.29 is 0 Å². The van der Waals surface area contributed by atoms with Gasteiger partial charge in [0.1, 0.15) is 0 Å². The Morgan fingerprint density at radius 3 is 2.40 bits per heavy atom. The molecule has 0 saturated heterocycles. The highest BCUT2D eigenvalue weighted by molar-refractivity contribution is 9.11.